The van der Waals surface area contributed by atoms with Crippen molar-refractivity contribution >= 4 is 28.3 Å². The second-order valence-corrected chi connectivity index (χ2v) is 8.58. The normalized spacial score (nSPS) is 19.7. The Labute approximate surface area is 118 Å². The van der Waals surface area contributed by atoms with Crippen LogP contribution in [0.25, 0.3) is 0 Å². The van der Waals surface area contributed by atoms with E-state index in [4.69, 9.17) is 9.84 Å². The van der Waals surface area contributed by atoms with E-state index in [0.29, 0.717) is 13.2 Å². The smallest absolute Gasteiger partial charge is 0.345 e. The van der Waals surface area contributed by atoms with E-state index in [9.17, 15) is 9.00 Å². The van der Waals surface area contributed by atoms with Crippen LogP contribution in [0.5, 0.6) is 0 Å². The molecule has 2 N–H and O–H groups in total. The number of hydrogen-bond donors (Lipinski definition) is 2. The predicted octanol–water partition coefficient (Wildman–Crippen LogP) is 1.72. The third-order valence-corrected chi connectivity index (χ3v) is 5.80. The summed E-state index contributed by atoms with van der Waals surface area (Å²) in [6.07, 6.45) is 0. The Kier molecular flexibility index (Phi) is 3.83. The lowest BCUT2D eigenvalue weighted by Crippen LogP contribution is -2.59. The van der Waals surface area contributed by atoms with Gasteiger partial charge in [0.15, 0.2) is 0 Å². The van der Waals surface area contributed by atoms with E-state index >= 15 is 0 Å². The van der Waals surface area contributed by atoms with E-state index in [1.54, 1.807) is 12.1 Å². The summed E-state index contributed by atoms with van der Waals surface area (Å²) in [6, 6.07) is 3.34. The van der Waals surface area contributed by atoms with Crippen LogP contribution in [0.3, 0.4) is 0 Å². The van der Waals surface area contributed by atoms with Crippen molar-refractivity contribution in [3.8, 4) is 0 Å². The van der Waals surface area contributed by atoms with Crippen molar-refractivity contribution in [1.82, 2.24) is 4.72 Å². The Bertz CT molecular complexity index is 514. The van der Waals surface area contributed by atoms with Crippen LogP contribution in [0.4, 0.5) is 0 Å². The molecule has 5 nitrogen and oxygen atoms in total. The maximum Gasteiger partial charge on any atom is 0.345 e. The van der Waals surface area contributed by atoms with Crippen LogP contribution in [0.2, 0.25) is 0 Å². The molecular weight excluding hydrogens is 286 g/mol. The summed E-state index contributed by atoms with van der Waals surface area (Å²) in [6.45, 7) is 6.49. The fourth-order valence-electron chi connectivity index (χ4n) is 1.60. The lowest BCUT2D eigenvalue weighted by Gasteiger charge is -2.42. The standard InChI is InChI=1S/C12H17NO4S2/c1-11(2,3)19(16)13-12(6-17-7-12)9-5-4-8(18-9)10(14)15/h4-5,13H,6-7H2,1-3H3,(H,14,15). The highest BCUT2D eigenvalue weighted by molar-refractivity contribution is 7.84. The van der Waals surface area contributed by atoms with E-state index < -0.39 is 22.5 Å². The number of carbonyl (C=O) groups is 1. The maximum absolute atomic E-state index is 12.2. The van der Waals surface area contributed by atoms with Gasteiger partial charge in [0.25, 0.3) is 0 Å². The zero-order chi connectivity index (χ0) is 14.3. The molecule has 1 aliphatic heterocycles. The van der Waals surface area contributed by atoms with Crippen molar-refractivity contribution in [3.05, 3.63) is 21.9 Å². The molecule has 1 unspecified atom stereocenters. The largest absolute Gasteiger partial charge is 0.477 e. The van der Waals surface area contributed by atoms with Gasteiger partial charge in [0.1, 0.15) is 10.4 Å². The molecule has 2 heterocycles. The molecule has 0 aliphatic carbocycles. The molecule has 106 valence electrons. The summed E-state index contributed by atoms with van der Waals surface area (Å²) in [5, 5.41) is 8.96. The van der Waals surface area contributed by atoms with E-state index in [2.05, 4.69) is 4.72 Å². The summed E-state index contributed by atoms with van der Waals surface area (Å²) < 4.78 is 20.2. The number of nitrogens with one attached hydrogen (secondary N) is 1. The van der Waals surface area contributed by atoms with E-state index in [0.717, 1.165) is 4.88 Å². The van der Waals surface area contributed by atoms with Crippen LogP contribution in [0, 0.1) is 0 Å². The lowest BCUT2D eigenvalue weighted by atomic mass is 9.97. The number of thiophene rings is 1. The number of carboxylic acids is 1. The number of ether oxygens (including phenoxy) is 1. The first kappa shape index (κ1) is 14.6. The summed E-state index contributed by atoms with van der Waals surface area (Å²) in [4.78, 5) is 12.1. The second-order valence-electron chi connectivity index (χ2n) is 5.53. The monoisotopic (exact) mass is 303 g/mol. The van der Waals surface area contributed by atoms with Gasteiger partial charge in [-0.05, 0) is 32.9 Å². The average molecular weight is 303 g/mol. The fraction of sp³-hybridized carbons (Fsp3) is 0.583. The summed E-state index contributed by atoms with van der Waals surface area (Å²) in [5.74, 6) is -0.941. The number of aromatic carboxylic acids is 1. The highest BCUT2D eigenvalue weighted by Crippen LogP contribution is 2.35. The Morgan fingerprint density at radius 2 is 2.11 bits per heavy atom. The molecule has 1 aromatic rings. The molecular formula is C12H17NO4S2. The van der Waals surface area contributed by atoms with Gasteiger partial charge < -0.3 is 9.84 Å². The van der Waals surface area contributed by atoms with Gasteiger partial charge in [-0.1, -0.05) is 0 Å². The van der Waals surface area contributed by atoms with Gasteiger partial charge in [-0.3, -0.25) is 0 Å². The molecule has 1 saturated heterocycles. The third kappa shape index (κ3) is 2.89. The van der Waals surface area contributed by atoms with E-state index in [-0.39, 0.29) is 9.62 Å². The fourth-order valence-corrected chi connectivity index (χ4v) is 3.51. The number of carboxylic acid groups (broad SMARTS) is 1. The molecule has 2 rings (SSSR count). The first-order valence-corrected chi connectivity index (χ1v) is 7.82. The molecule has 0 saturated carbocycles. The number of rotatable bonds is 4. The SMILES string of the molecule is CC(C)(C)S(=O)NC1(c2ccc(C(=O)O)s2)COC1. The van der Waals surface area contributed by atoms with Crippen LogP contribution < -0.4 is 4.72 Å². The first-order chi connectivity index (χ1) is 8.74. The Hall–Kier alpha value is -0.760. The van der Waals surface area contributed by atoms with Crippen LogP contribution in [0.1, 0.15) is 35.3 Å². The maximum atomic E-state index is 12.2. The van der Waals surface area contributed by atoms with Crippen molar-refractivity contribution < 1.29 is 18.8 Å². The molecule has 0 radical (unpaired) electrons. The molecule has 0 bridgehead atoms. The summed E-state index contributed by atoms with van der Waals surface area (Å²) >= 11 is 1.20. The predicted molar refractivity (Wildman–Crippen MR) is 74.8 cm³/mol. The highest BCUT2D eigenvalue weighted by atomic mass is 32.2. The molecule has 1 atom stereocenters. The number of hydrogen-bond acceptors (Lipinski definition) is 4. The van der Waals surface area contributed by atoms with Gasteiger partial charge >= 0.3 is 5.97 Å². The van der Waals surface area contributed by atoms with E-state index in [1.807, 2.05) is 20.8 Å². The molecule has 0 spiro atoms. The van der Waals surface area contributed by atoms with Crippen molar-refractivity contribution in [2.45, 2.75) is 31.1 Å². The van der Waals surface area contributed by atoms with Crippen LogP contribution >= 0.6 is 11.3 Å². The minimum absolute atomic E-state index is 0.282. The second kappa shape index (κ2) is 4.97. The van der Waals surface area contributed by atoms with Crippen LogP contribution in [0.15, 0.2) is 12.1 Å². The van der Waals surface area contributed by atoms with Crippen molar-refractivity contribution in [1.29, 1.82) is 0 Å². The van der Waals surface area contributed by atoms with Gasteiger partial charge in [-0.15, -0.1) is 11.3 Å². The van der Waals surface area contributed by atoms with Gasteiger partial charge in [-0.25, -0.2) is 13.7 Å². The van der Waals surface area contributed by atoms with Gasteiger partial charge in [0.2, 0.25) is 0 Å². The molecule has 19 heavy (non-hydrogen) atoms. The minimum atomic E-state index is -1.23. The quantitative estimate of drug-likeness (QED) is 0.888. The molecule has 7 heteroatoms. The molecule has 0 amide bonds. The highest BCUT2D eigenvalue weighted by Gasteiger charge is 2.44. The van der Waals surface area contributed by atoms with Gasteiger partial charge in [-0.2, -0.15) is 0 Å². The molecule has 1 fully saturated rings. The first-order valence-electron chi connectivity index (χ1n) is 5.86. The van der Waals surface area contributed by atoms with Crippen molar-refractivity contribution in [2.75, 3.05) is 13.2 Å². The molecule has 0 aromatic carbocycles. The zero-order valence-corrected chi connectivity index (χ0v) is 12.7. The Balaban J connectivity index is 2.22. The summed E-state index contributed by atoms with van der Waals surface area (Å²) in [7, 11) is -1.23. The Morgan fingerprint density at radius 1 is 1.47 bits per heavy atom. The lowest BCUT2D eigenvalue weighted by molar-refractivity contribution is -0.0640. The third-order valence-electron chi connectivity index (χ3n) is 2.83. The molecule has 1 aliphatic rings. The minimum Gasteiger partial charge on any atom is -0.477 e. The zero-order valence-electron chi connectivity index (χ0n) is 11.1. The van der Waals surface area contributed by atoms with Crippen LogP contribution in [-0.2, 0) is 21.3 Å². The topological polar surface area (TPSA) is 75.6 Å². The van der Waals surface area contributed by atoms with Crippen LogP contribution in [-0.4, -0.2) is 33.2 Å². The van der Waals surface area contributed by atoms with Gasteiger partial charge in [0, 0.05) is 4.88 Å². The Morgan fingerprint density at radius 3 is 2.47 bits per heavy atom. The van der Waals surface area contributed by atoms with Crippen molar-refractivity contribution in [3.63, 3.8) is 0 Å². The van der Waals surface area contributed by atoms with E-state index in [1.165, 1.54) is 11.3 Å². The average Bonchev–Trinajstić information content (AvgIpc) is 2.70. The van der Waals surface area contributed by atoms with Gasteiger partial charge in [0.05, 0.1) is 28.9 Å². The van der Waals surface area contributed by atoms with Crippen molar-refractivity contribution in [2.24, 2.45) is 0 Å². The summed E-state index contributed by atoms with van der Waals surface area (Å²) in [5.41, 5.74) is -0.517. The molecule has 1 aromatic heterocycles.